The highest BCUT2D eigenvalue weighted by atomic mass is 16.2. The summed E-state index contributed by atoms with van der Waals surface area (Å²) < 4.78 is 0. The second-order valence-electron chi connectivity index (χ2n) is 4.95. The van der Waals surface area contributed by atoms with Gasteiger partial charge in [-0.05, 0) is 19.3 Å². The molecule has 6 heteroatoms. The van der Waals surface area contributed by atoms with E-state index in [9.17, 15) is 9.59 Å². The van der Waals surface area contributed by atoms with Crippen LogP contribution in [-0.4, -0.2) is 40.0 Å². The highest BCUT2D eigenvalue weighted by Gasteiger charge is 2.26. The molecular formula is C12H16N4O2. The van der Waals surface area contributed by atoms with Crippen LogP contribution in [0.25, 0.3) is 0 Å². The number of amides is 2. The van der Waals surface area contributed by atoms with Gasteiger partial charge in [0.1, 0.15) is 0 Å². The average Bonchev–Trinajstić information content (AvgIpc) is 2.97. The van der Waals surface area contributed by atoms with Crippen LogP contribution in [0.1, 0.15) is 37.3 Å². The van der Waals surface area contributed by atoms with Crippen molar-refractivity contribution in [3.63, 3.8) is 0 Å². The van der Waals surface area contributed by atoms with Crippen molar-refractivity contribution in [2.45, 2.75) is 31.6 Å². The van der Waals surface area contributed by atoms with Gasteiger partial charge in [-0.25, -0.2) is 0 Å². The SMILES string of the molecule is O=C(CN1CCCC1=O)Nc1cc(C2CC2)[nH]n1. The monoisotopic (exact) mass is 248 g/mol. The summed E-state index contributed by atoms with van der Waals surface area (Å²) in [7, 11) is 0. The van der Waals surface area contributed by atoms with E-state index in [-0.39, 0.29) is 18.4 Å². The van der Waals surface area contributed by atoms with E-state index in [1.807, 2.05) is 6.07 Å². The lowest BCUT2D eigenvalue weighted by atomic mass is 10.3. The van der Waals surface area contributed by atoms with E-state index in [0.717, 1.165) is 12.1 Å². The quantitative estimate of drug-likeness (QED) is 0.829. The molecule has 0 spiro atoms. The number of hydrogen-bond acceptors (Lipinski definition) is 3. The molecule has 0 radical (unpaired) electrons. The van der Waals surface area contributed by atoms with Crippen LogP contribution >= 0.6 is 0 Å². The molecule has 1 saturated carbocycles. The first-order chi connectivity index (χ1) is 8.72. The van der Waals surface area contributed by atoms with Crippen molar-refractivity contribution in [2.24, 2.45) is 0 Å². The Labute approximate surface area is 105 Å². The van der Waals surface area contributed by atoms with Gasteiger partial charge in [0.25, 0.3) is 0 Å². The van der Waals surface area contributed by atoms with Crippen LogP contribution < -0.4 is 5.32 Å². The number of nitrogens with one attached hydrogen (secondary N) is 2. The van der Waals surface area contributed by atoms with Crippen LogP contribution in [-0.2, 0) is 9.59 Å². The summed E-state index contributed by atoms with van der Waals surface area (Å²) in [5.74, 6) is 1.02. The van der Waals surface area contributed by atoms with Gasteiger partial charge in [-0.1, -0.05) is 0 Å². The minimum absolute atomic E-state index is 0.0610. The summed E-state index contributed by atoms with van der Waals surface area (Å²) in [6.07, 6.45) is 3.79. The number of aromatic amines is 1. The van der Waals surface area contributed by atoms with E-state index in [1.165, 1.54) is 12.8 Å². The summed E-state index contributed by atoms with van der Waals surface area (Å²) in [4.78, 5) is 24.7. The topological polar surface area (TPSA) is 78.1 Å². The maximum Gasteiger partial charge on any atom is 0.245 e. The lowest BCUT2D eigenvalue weighted by Gasteiger charge is -2.13. The van der Waals surface area contributed by atoms with Gasteiger partial charge in [0.2, 0.25) is 11.8 Å². The van der Waals surface area contributed by atoms with Gasteiger partial charge in [-0.2, -0.15) is 5.10 Å². The normalized spacial score (nSPS) is 19.3. The summed E-state index contributed by atoms with van der Waals surface area (Å²) in [5, 5.41) is 9.70. The fourth-order valence-electron chi connectivity index (χ4n) is 2.23. The number of nitrogens with zero attached hydrogens (tertiary/aromatic N) is 2. The van der Waals surface area contributed by atoms with Crippen LogP contribution in [0, 0.1) is 0 Å². The smallest absolute Gasteiger partial charge is 0.245 e. The molecule has 96 valence electrons. The van der Waals surface area contributed by atoms with Gasteiger partial charge in [0, 0.05) is 30.6 Å². The number of aromatic nitrogens is 2. The molecule has 2 N–H and O–H groups in total. The lowest BCUT2D eigenvalue weighted by molar-refractivity contribution is -0.131. The summed E-state index contributed by atoms with van der Waals surface area (Å²) in [5.41, 5.74) is 1.09. The maximum absolute atomic E-state index is 11.7. The van der Waals surface area contributed by atoms with E-state index >= 15 is 0 Å². The van der Waals surface area contributed by atoms with Crippen molar-refractivity contribution in [1.29, 1.82) is 0 Å². The van der Waals surface area contributed by atoms with Crippen molar-refractivity contribution in [3.8, 4) is 0 Å². The van der Waals surface area contributed by atoms with Crippen LogP contribution in [0.15, 0.2) is 6.07 Å². The van der Waals surface area contributed by atoms with Crippen LogP contribution in [0.5, 0.6) is 0 Å². The van der Waals surface area contributed by atoms with Crippen molar-refractivity contribution in [3.05, 3.63) is 11.8 Å². The van der Waals surface area contributed by atoms with Gasteiger partial charge in [-0.15, -0.1) is 0 Å². The van der Waals surface area contributed by atoms with Crippen LogP contribution in [0.4, 0.5) is 5.82 Å². The van der Waals surface area contributed by atoms with Gasteiger partial charge >= 0.3 is 0 Å². The standard InChI is InChI=1S/C12H16N4O2/c17-11(7-16-5-1-2-12(16)18)13-10-6-9(14-15-10)8-3-4-8/h6,8H,1-5,7H2,(H2,13,14,15,17). The van der Waals surface area contributed by atoms with Gasteiger partial charge in [0.15, 0.2) is 5.82 Å². The Kier molecular flexibility index (Phi) is 2.77. The fraction of sp³-hybridized carbons (Fsp3) is 0.583. The Morgan fingerprint density at radius 1 is 1.56 bits per heavy atom. The molecule has 6 nitrogen and oxygen atoms in total. The van der Waals surface area contributed by atoms with E-state index in [4.69, 9.17) is 0 Å². The largest absolute Gasteiger partial charge is 0.333 e. The first-order valence-corrected chi connectivity index (χ1v) is 6.35. The molecule has 2 aliphatic rings. The minimum Gasteiger partial charge on any atom is -0.333 e. The van der Waals surface area contributed by atoms with Crippen LogP contribution in [0.2, 0.25) is 0 Å². The predicted molar refractivity (Wildman–Crippen MR) is 65.0 cm³/mol. The second-order valence-corrected chi connectivity index (χ2v) is 4.95. The molecule has 2 heterocycles. The summed E-state index contributed by atoms with van der Waals surface area (Å²) >= 11 is 0. The third-order valence-corrected chi connectivity index (χ3v) is 3.39. The van der Waals surface area contributed by atoms with Crippen molar-refractivity contribution in [2.75, 3.05) is 18.4 Å². The van der Waals surface area contributed by atoms with Crippen LogP contribution in [0.3, 0.4) is 0 Å². The zero-order valence-electron chi connectivity index (χ0n) is 10.1. The van der Waals surface area contributed by atoms with E-state index in [0.29, 0.717) is 24.7 Å². The Balaban J connectivity index is 1.54. The molecule has 0 bridgehead atoms. The van der Waals surface area contributed by atoms with Gasteiger partial charge < -0.3 is 10.2 Å². The molecule has 1 saturated heterocycles. The highest BCUT2D eigenvalue weighted by Crippen LogP contribution is 2.39. The first kappa shape index (κ1) is 11.3. The average molecular weight is 248 g/mol. The maximum atomic E-state index is 11.7. The number of carbonyl (C=O) groups excluding carboxylic acids is 2. The number of rotatable bonds is 4. The Hall–Kier alpha value is -1.85. The summed E-state index contributed by atoms with van der Waals surface area (Å²) in [6, 6.07) is 1.88. The molecule has 0 atom stereocenters. The number of H-pyrrole nitrogens is 1. The molecule has 1 aromatic rings. The third kappa shape index (κ3) is 2.37. The number of hydrogen-bond donors (Lipinski definition) is 2. The number of anilines is 1. The molecule has 2 amide bonds. The Morgan fingerprint density at radius 3 is 3.06 bits per heavy atom. The zero-order chi connectivity index (χ0) is 12.5. The van der Waals surface area contributed by atoms with E-state index in [1.54, 1.807) is 4.90 Å². The van der Waals surface area contributed by atoms with Crippen molar-refractivity contribution in [1.82, 2.24) is 15.1 Å². The van der Waals surface area contributed by atoms with Crippen molar-refractivity contribution >= 4 is 17.6 Å². The number of carbonyl (C=O) groups is 2. The lowest BCUT2D eigenvalue weighted by Crippen LogP contribution is -2.34. The molecule has 0 aromatic carbocycles. The zero-order valence-corrected chi connectivity index (χ0v) is 10.1. The number of likely N-dealkylation sites (tertiary alicyclic amines) is 1. The molecule has 1 aliphatic heterocycles. The molecule has 18 heavy (non-hydrogen) atoms. The predicted octanol–water partition coefficient (Wildman–Crippen LogP) is 0.848. The molecular weight excluding hydrogens is 232 g/mol. The van der Waals surface area contributed by atoms with E-state index in [2.05, 4.69) is 15.5 Å². The van der Waals surface area contributed by atoms with Crippen molar-refractivity contribution < 1.29 is 9.59 Å². The molecule has 1 aromatic heterocycles. The highest BCUT2D eigenvalue weighted by molar-refractivity contribution is 5.94. The first-order valence-electron chi connectivity index (χ1n) is 6.35. The van der Waals surface area contributed by atoms with Gasteiger partial charge in [0.05, 0.1) is 6.54 Å². The fourth-order valence-corrected chi connectivity index (χ4v) is 2.23. The van der Waals surface area contributed by atoms with Gasteiger partial charge in [-0.3, -0.25) is 14.7 Å². The molecule has 0 unspecified atom stereocenters. The summed E-state index contributed by atoms with van der Waals surface area (Å²) in [6.45, 7) is 0.810. The minimum atomic E-state index is -0.181. The Morgan fingerprint density at radius 2 is 2.39 bits per heavy atom. The molecule has 1 aliphatic carbocycles. The third-order valence-electron chi connectivity index (χ3n) is 3.39. The molecule has 2 fully saturated rings. The molecule has 3 rings (SSSR count). The Bertz CT molecular complexity index is 478. The second kappa shape index (κ2) is 4.44. The van der Waals surface area contributed by atoms with E-state index < -0.39 is 0 Å².